The van der Waals surface area contributed by atoms with Crippen LogP contribution in [0.25, 0.3) is 10.9 Å². The standard InChI is InChI=1S/C30H37N3O7/c1-19(2)13-15-37-25-17-22-21(16-24(25)36-9)23(12-14-31-22)38-20-10-11-26(32-18-20)33(27(34)39-29(3,4)5)28(35)40-30(6,7)8/h10-12,14,16-18H,1,13,15H2,2-9H3. The molecule has 10 heteroatoms. The Morgan fingerprint density at radius 1 is 0.900 bits per heavy atom. The summed E-state index contributed by atoms with van der Waals surface area (Å²) in [4.78, 5) is 35.3. The number of hydrogen-bond donors (Lipinski definition) is 0. The third kappa shape index (κ3) is 8.33. The fourth-order valence-corrected chi connectivity index (χ4v) is 3.39. The molecule has 0 unspecified atom stereocenters. The molecule has 0 N–H and O–H groups in total. The first-order valence-electron chi connectivity index (χ1n) is 12.8. The monoisotopic (exact) mass is 551 g/mol. The summed E-state index contributed by atoms with van der Waals surface area (Å²) < 4.78 is 28.3. The Labute approximate surface area is 234 Å². The quantitative estimate of drug-likeness (QED) is 0.264. The van der Waals surface area contributed by atoms with E-state index >= 15 is 0 Å². The van der Waals surface area contributed by atoms with Gasteiger partial charge in [0.25, 0.3) is 0 Å². The maximum Gasteiger partial charge on any atom is 0.425 e. The summed E-state index contributed by atoms with van der Waals surface area (Å²) in [5.74, 6) is 1.99. The zero-order chi connectivity index (χ0) is 29.7. The molecule has 40 heavy (non-hydrogen) atoms. The van der Waals surface area contributed by atoms with Gasteiger partial charge in [0.15, 0.2) is 11.5 Å². The van der Waals surface area contributed by atoms with Gasteiger partial charge in [-0.2, -0.15) is 4.90 Å². The van der Waals surface area contributed by atoms with Gasteiger partial charge in [-0.05, 0) is 72.7 Å². The maximum absolute atomic E-state index is 12.9. The summed E-state index contributed by atoms with van der Waals surface area (Å²) >= 11 is 0. The van der Waals surface area contributed by atoms with Gasteiger partial charge in [-0.25, -0.2) is 14.6 Å². The lowest BCUT2D eigenvalue weighted by atomic mass is 10.1. The van der Waals surface area contributed by atoms with Gasteiger partial charge >= 0.3 is 12.2 Å². The van der Waals surface area contributed by atoms with Crippen LogP contribution in [-0.2, 0) is 9.47 Å². The van der Waals surface area contributed by atoms with Gasteiger partial charge in [0.1, 0.15) is 28.5 Å². The van der Waals surface area contributed by atoms with Crippen LogP contribution in [0.15, 0.2) is 54.9 Å². The molecule has 2 heterocycles. The molecular formula is C30H37N3O7. The Kier molecular flexibility index (Phi) is 9.24. The van der Waals surface area contributed by atoms with E-state index in [9.17, 15) is 9.59 Å². The molecule has 0 bridgehead atoms. The molecule has 0 saturated heterocycles. The molecule has 10 nitrogen and oxygen atoms in total. The molecule has 2 aromatic heterocycles. The van der Waals surface area contributed by atoms with E-state index < -0.39 is 23.4 Å². The van der Waals surface area contributed by atoms with E-state index in [-0.39, 0.29) is 5.82 Å². The van der Waals surface area contributed by atoms with Gasteiger partial charge < -0.3 is 23.7 Å². The number of anilines is 1. The van der Waals surface area contributed by atoms with E-state index in [1.54, 1.807) is 79.1 Å². The second-order valence-corrected chi connectivity index (χ2v) is 11.1. The van der Waals surface area contributed by atoms with Crippen LogP contribution < -0.4 is 19.1 Å². The summed E-state index contributed by atoms with van der Waals surface area (Å²) in [5, 5.41) is 0.694. The SMILES string of the molecule is C=C(C)CCOc1cc2nccc(Oc3ccc(N(C(=O)OC(C)(C)C)C(=O)OC(C)(C)C)nc3)c2cc1OC. The van der Waals surface area contributed by atoms with Crippen molar-refractivity contribution in [3.8, 4) is 23.0 Å². The summed E-state index contributed by atoms with van der Waals surface area (Å²) in [6.45, 7) is 16.5. The minimum Gasteiger partial charge on any atom is -0.493 e. The molecule has 1 aromatic carbocycles. The molecule has 0 spiro atoms. The maximum atomic E-state index is 12.9. The van der Waals surface area contributed by atoms with Crippen LogP contribution in [-0.4, -0.2) is 47.1 Å². The van der Waals surface area contributed by atoms with Crippen LogP contribution in [0.3, 0.4) is 0 Å². The molecule has 0 radical (unpaired) electrons. The predicted octanol–water partition coefficient (Wildman–Crippen LogP) is 7.45. The Morgan fingerprint density at radius 2 is 1.55 bits per heavy atom. The number of ether oxygens (including phenoxy) is 5. The highest BCUT2D eigenvalue weighted by Gasteiger charge is 2.33. The van der Waals surface area contributed by atoms with Crippen LogP contribution >= 0.6 is 0 Å². The summed E-state index contributed by atoms with van der Waals surface area (Å²) in [6, 6.07) is 8.36. The zero-order valence-corrected chi connectivity index (χ0v) is 24.4. The molecule has 0 aliphatic heterocycles. The summed E-state index contributed by atoms with van der Waals surface area (Å²) in [5.41, 5.74) is 0.00126. The molecule has 3 aromatic rings. The minimum atomic E-state index is -0.906. The van der Waals surface area contributed by atoms with Crippen LogP contribution in [0.5, 0.6) is 23.0 Å². The molecule has 214 valence electrons. The molecule has 0 aliphatic rings. The summed E-state index contributed by atoms with van der Waals surface area (Å²) in [7, 11) is 1.56. The number of rotatable bonds is 8. The van der Waals surface area contributed by atoms with Gasteiger partial charge in [-0.3, -0.25) is 4.98 Å². The molecule has 3 rings (SSSR count). The van der Waals surface area contributed by atoms with Crippen molar-refractivity contribution in [3.05, 3.63) is 54.9 Å². The first-order chi connectivity index (χ1) is 18.7. The van der Waals surface area contributed by atoms with Crippen molar-refractivity contribution < 1.29 is 33.3 Å². The first-order valence-corrected chi connectivity index (χ1v) is 12.8. The van der Waals surface area contributed by atoms with Gasteiger partial charge in [0, 0.05) is 24.1 Å². The van der Waals surface area contributed by atoms with E-state index in [0.717, 1.165) is 16.9 Å². The first kappa shape index (κ1) is 30.2. The van der Waals surface area contributed by atoms with Gasteiger partial charge in [-0.15, -0.1) is 6.58 Å². The molecule has 0 atom stereocenters. The lowest BCUT2D eigenvalue weighted by Gasteiger charge is -2.28. The van der Waals surface area contributed by atoms with E-state index in [4.69, 9.17) is 23.7 Å². The van der Waals surface area contributed by atoms with Gasteiger partial charge in [-0.1, -0.05) is 5.57 Å². The third-order valence-corrected chi connectivity index (χ3v) is 5.10. The molecule has 0 fully saturated rings. The second kappa shape index (κ2) is 12.2. The van der Waals surface area contributed by atoms with Crippen molar-refractivity contribution in [2.75, 3.05) is 18.6 Å². The average Bonchev–Trinajstić information content (AvgIpc) is 2.82. The lowest BCUT2D eigenvalue weighted by Crippen LogP contribution is -2.44. The number of benzene rings is 1. The van der Waals surface area contributed by atoms with Gasteiger partial charge in [0.2, 0.25) is 0 Å². The average molecular weight is 552 g/mol. The van der Waals surface area contributed by atoms with Crippen molar-refractivity contribution in [2.24, 2.45) is 0 Å². The van der Waals surface area contributed by atoms with Crippen LogP contribution in [0.2, 0.25) is 0 Å². The number of aromatic nitrogens is 2. The van der Waals surface area contributed by atoms with E-state index in [1.165, 1.54) is 12.3 Å². The lowest BCUT2D eigenvalue weighted by molar-refractivity contribution is 0.0429. The largest absolute Gasteiger partial charge is 0.493 e. The van der Waals surface area contributed by atoms with Crippen molar-refractivity contribution in [1.82, 2.24) is 9.97 Å². The second-order valence-electron chi connectivity index (χ2n) is 11.1. The fraction of sp³-hybridized carbons (Fsp3) is 0.400. The van der Waals surface area contributed by atoms with E-state index in [2.05, 4.69) is 16.5 Å². The number of fused-ring (bicyclic) bond motifs is 1. The van der Waals surface area contributed by atoms with Crippen molar-refractivity contribution >= 4 is 28.9 Å². The fourth-order valence-electron chi connectivity index (χ4n) is 3.39. The van der Waals surface area contributed by atoms with Crippen LogP contribution in [0.1, 0.15) is 54.9 Å². The number of amides is 2. The normalized spacial score (nSPS) is 11.5. The van der Waals surface area contributed by atoms with Crippen molar-refractivity contribution in [2.45, 2.75) is 66.1 Å². The molecule has 0 saturated carbocycles. The van der Waals surface area contributed by atoms with Crippen LogP contribution in [0, 0.1) is 0 Å². The van der Waals surface area contributed by atoms with E-state index in [0.29, 0.717) is 40.5 Å². The highest BCUT2D eigenvalue weighted by atomic mass is 16.6. The minimum absolute atomic E-state index is 0.0219. The molecular weight excluding hydrogens is 514 g/mol. The Bertz CT molecular complexity index is 1350. The van der Waals surface area contributed by atoms with Gasteiger partial charge in [0.05, 0.1) is 25.4 Å². The topological polar surface area (TPSA) is 109 Å². The summed E-state index contributed by atoms with van der Waals surface area (Å²) in [6.07, 6.45) is 1.93. The Balaban J connectivity index is 1.89. The smallest absolute Gasteiger partial charge is 0.425 e. The highest BCUT2D eigenvalue weighted by Crippen LogP contribution is 2.37. The number of pyridine rings is 2. The number of carbonyl (C=O) groups excluding carboxylic acids is 2. The number of imide groups is 1. The molecule has 0 aliphatic carbocycles. The van der Waals surface area contributed by atoms with E-state index in [1.807, 2.05) is 6.92 Å². The third-order valence-electron chi connectivity index (χ3n) is 5.10. The zero-order valence-electron chi connectivity index (χ0n) is 24.4. The number of hydrogen-bond acceptors (Lipinski definition) is 9. The number of methoxy groups -OCH3 is 1. The Hall–Kier alpha value is -4.34. The van der Waals surface area contributed by atoms with Crippen LogP contribution in [0.4, 0.5) is 15.4 Å². The Morgan fingerprint density at radius 3 is 2.08 bits per heavy atom. The molecule has 2 amide bonds. The van der Waals surface area contributed by atoms with Crippen molar-refractivity contribution in [3.63, 3.8) is 0 Å². The predicted molar refractivity (Wildman–Crippen MR) is 152 cm³/mol. The number of carbonyl (C=O) groups is 2. The number of nitrogens with zero attached hydrogens (tertiary/aromatic N) is 3. The highest BCUT2D eigenvalue weighted by molar-refractivity contribution is 6.08. The van der Waals surface area contributed by atoms with Crippen molar-refractivity contribution in [1.29, 1.82) is 0 Å².